The minimum Gasteiger partial charge on any atom is -0.508 e. The Bertz CT molecular complexity index is 516. The van der Waals surface area contributed by atoms with Gasteiger partial charge in [0.2, 0.25) is 0 Å². The fourth-order valence-electron chi connectivity index (χ4n) is 2.42. The molecule has 0 bridgehead atoms. The van der Waals surface area contributed by atoms with Gasteiger partial charge >= 0.3 is 5.51 Å². The van der Waals surface area contributed by atoms with Crippen LogP contribution in [0.3, 0.4) is 0 Å². The summed E-state index contributed by atoms with van der Waals surface area (Å²) >= 11 is -0.387. The van der Waals surface area contributed by atoms with Crippen molar-refractivity contribution >= 4 is 36.6 Å². The minimum absolute atomic E-state index is 0. The van der Waals surface area contributed by atoms with E-state index in [4.69, 9.17) is 0 Å². The van der Waals surface area contributed by atoms with E-state index in [1.165, 1.54) is 4.90 Å². The summed E-state index contributed by atoms with van der Waals surface area (Å²) in [5.74, 6) is -0.421. The number of benzene rings is 1. The molecular formula is C13H17Cl2F5N2OS. The van der Waals surface area contributed by atoms with Gasteiger partial charge in [-0.15, -0.1) is 24.8 Å². The van der Waals surface area contributed by atoms with E-state index in [2.05, 4.69) is 5.32 Å². The Hall–Kier alpha value is -0.480. The third-order valence-electron chi connectivity index (χ3n) is 3.33. The summed E-state index contributed by atoms with van der Waals surface area (Å²) in [4.78, 5) is 1.25. The van der Waals surface area contributed by atoms with Gasteiger partial charge < -0.3 is 10.4 Å². The number of rotatable bonds is 4. The number of halogens is 7. The number of thioether (sulfide) groups is 1. The predicted molar refractivity (Wildman–Crippen MR) is 87.7 cm³/mol. The first-order valence-corrected chi connectivity index (χ1v) is 7.41. The van der Waals surface area contributed by atoms with Crippen LogP contribution in [0.25, 0.3) is 0 Å². The van der Waals surface area contributed by atoms with Crippen LogP contribution in [-0.4, -0.2) is 48.1 Å². The summed E-state index contributed by atoms with van der Waals surface area (Å²) in [6.07, 6.45) is -2.81. The molecule has 2 rings (SSSR count). The van der Waals surface area contributed by atoms with Crippen molar-refractivity contribution in [3.05, 3.63) is 23.8 Å². The van der Waals surface area contributed by atoms with E-state index in [-0.39, 0.29) is 47.0 Å². The molecule has 1 aromatic rings. The number of nitrogens with zero attached hydrogens (tertiary/aromatic N) is 1. The summed E-state index contributed by atoms with van der Waals surface area (Å²) in [7, 11) is 0. The van der Waals surface area contributed by atoms with Crippen molar-refractivity contribution in [1.82, 2.24) is 10.2 Å². The van der Waals surface area contributed by atoms with Crippen molar-refractivity contribution in [2.75, 3.05) is 26.2 Å². The van der Waals surface area contributed by atoms with E-state index in [0.717, 1.165) is 18.2 Å². The lowest BCUT2D eigenvalue weighted by Gasteiger charge is -2.35. The van der Waals surface area contributed by atoms with E-state index in [1.807, 2.05) is 0 Å². The molecule has 24 heavy (non-hydrogen) atoms. The summed E-state index contributed by atoms with van der Waals surface area (Å²) in [5.41, 5.74) is -4.69. The molecule has 0 radical (unpaired) electrons. The van der Waals surface area contributed by atoms with Crippen LogP contribution in [0.2, 0.25) is 0 Å². The number of piperazine rings is 1. The van der Waals surface area contributed by atoms with Gasteiger partial charge in [0.15, 0.2) is 0 Å². The van der Waals surface area contributed by atoms with Crippen molar-refractivity contribution in [3.63, 3.8) is 0 Å². The zero-order valence-corrected chi connectivity index (χ0v) is 14.7. The second kappa shape index (κ2) is 9.86. The summed E-state index contributed by atoms with van der Waals surface area (Å²) < 4.78 is 64.1. The van der Waals surface area contributed by atoms with Gasteiger partial charge in [0.1, 0.15) is 11.8 Å². The number of phenolic OH excluding ortho intramolecular Hbond substituents is 1. The number of alkyl halides is 5. The minimum atomic E-state index is -4.51. The maximum absolute atomic E-state index is 13.4. The maximum atomic E-state index is 13.4. The molecule has 1 atom stereocenters. The van der Waals surface area contributed by atoms with E-state index in [9.17, 15) is 27.1 Å². The highest BCUT2D eigenvalue weighted by molar-refractivity contribution is 8.00. The standard InChI is InChI=1S/C13H15F5N2OS.2ClH/c14-12(15)11(20-5-3-19-4-6-20)9-7-8(1-2-10(9)21)22-13(16,17)18;;/h1-2,7,11-12,19,21H,3-6H2;2*1H/t11-;;/m1../s1. The quantitative estimate of drug-likeness (QED) is 0.575. The molecule has 0 unspecified atom stereocenters. The molecule has 140 valence electrons. The average molecular weight is 415 g/mol. The van der Waals surface area contributed by atoms with Gasteiger partial charge in [-0.3, -0.25) is 4.90 Å². The molecule has 0 aromatic heterocycles. The van der Waals surface area contributed by atoms with Crippen molar-refractivity contribution in [3.8, 4) is 5.75 Å². The van der Waals surface area contributed by atoms with Crippen LogP contribution in [0, 0.1) is 0 Å². The largest absolute Gasteiger partial charge is 0.508 e. The molecule has 0 aliphatic carbocycles. The second-order valence-electron chi connectivity index (χ2n) is 4.83. The number of hydrogen-bond acceptors (Lipinski definition) is 4. The highest BCUT2D eigenvalue weighted by Gasteiger charge is 2.34. The third-order valence-corrected chi connectivity index (χ3v) is 4.06. The highest BCUT2D eigenvalue weighted by Crippen LogP contribution is 2.41. The summed E-state index contributed by atoms with van der Waals surface area (Å²) in [5, 5.41) is 12.8. The fourth-order valence-corrected chi connectivity index (χ4v) is 3.01. The normalized spacial score (nSPS) is 17.1. The second-order valence-corrected chi connectivity index (χ2v) is 5.97. The predicted octanol–water partition coefficient (Wildman–Crippen LogP) is 4.06. The molecule has 0 saturated carbocycles. The Kier molecular flexibility index (Phi) is 9.66. The molecule has 1 aromatic carbocycles. The van der Waals surface area contributed by atoms with Crippen molar-refractivity contribution in [1.29, 1.82) is 0 Å². The van der Waals surface area contributed by atoms with Gasteiger partial charge in [0.05, 0.1) is 0 Å². The molecule has 1 aliphatic rings. The van der Waals surface area contributed by atoms with E-state index in [1.54, 1.807) is 0 Å². The van der Waals surface area contributed by atoms with Gasteiger partial charge in [-0.1, -0.05) is 0 Å². The van der Waals surface area contributed by atoms with E-state index < -0.39 is 23.7 Å². The Balaban J connectivity index is 0.00000264. The van der Waals surface area contributed by atoms with Gasteiger partial charge in [0, 0.05) is 36.6 Å². The van der Waals surface area contributed by atoms with Crippen molar-refractivity contribution < 1.29 is 27.1 Å². The highest BCUT2D eigenvalue weighted by atomic mass is 35.5. The Labute approximate surface area is 152 Å². The molecular weight excluding hydrogens is 398 g/mol. The van der Waals surface area contributed by atoms with Gasteiger partial charge in [-0.25, -0.2) is 8.78 Å². The first-order chi connectivity index (χ1) is 10.3. The molecule has 2 N–H and O–H groups in total. The molecule has 0 amide bonds. The van der Waals surface area contributed by atoms with E-state index >= 15 is 0 Å². The smallest absolute Gasteiger partial charge is 0.446 e. The van der Waals surface area contributed by atoms with Crippen molar-refractivity contribution in [2.45, 2.75) is 22.9 Å². The maximum Gasteiger partial charge on any atom is 0.446 e. The van der Waals surface area contributed by atoms with Crippen LogP contribution in [0.4, 0.5) is 22.0 Å². The molecule has 0 spiro atoms. The molecule has 1 aliphatic heterocycles. The summed E-state index contributed by atoms with van der Waals surface area (Å²) in [6, 6.07) is 1.67. The third kappa shape index (κ3) is 6.44. The Morgan fingerprint density at radius 2 is 1.71 bits per heavy atom. The zero-order chi connectivity index (χ0) is 16.3. The number of phenols is 1. The van der Waals surface area contributed by atoms with Gasteiger partial charge in [0.25, 0.3) is 6.43 Å². The monoisotopic (exact) mass is 414 g/mol. The SMILES string of the molecule is Cl.Cl.Oc1ccc(SC(F)(F)F)cc1[C@H](C(F)F)N1CCNCC1. The first-order valence-electron chi connectivity index (χ1n) is 6.59. The van der Waals surface area contributed by atoms with Crippen LogP contribution in [0.1, 0.15) is 11.6 Å². The van der Waals surface area contributed by atoms with Crippen LogP contribution in [0.5, 0.6) is 5.75 Å². The number of nitrogens with one attached hydrogen (secondary N) is 1. The van der Waals surface area contributed by atoms with Crippen LogP contribution < -0.4 is 5.32 Å². The molecule has 1 saturated heterocycles. The Morgan fingerprint density at radius 1 is 1.12 bits per heavy atom. The van der Waals surface area contributed by atoms with Crippen LogP contribution >= 0.6 is 36.6 Å². The molecule has 1 fully saturated rings. The lowest BCUT2D eigenvalue weighted by atomic mass is 10.0. The molecule has 11 heteroatoms. The first kappa shape index (κ1) is 23.5. The molecule has 1 heterocycles. The topological polar surface area (TPSA) is 35.5 Å². The zero-order valence-electron chi connectivity index (χ0n) is 12.2. The van der Waals surface area contributed by atoms with Gasteiger partial charge in [-0.05, 0) is 30.0 Å². The molecule has 3 nitrogen and oxygen atoms in total. The lowest BCUT2D eigenvalue weighted by molar-refractivity contribution is -0.0328. The fraction of sp³-hybridized carbons (Fsp3) is 0.538. The summed E-state index contributed by atoms with van der Waals surface area (Å²) in [6.45, 7) is 1.71. The van der Waals surface area contributed by atoms with Crippen LogP contribution in [-0.2, 0) is 0 Å². The number of aromatic hydroxyl groups is 1. The number of hydrogen-bond donors (Lipinski definition) is 2. The van der Waals surface area contributed by atoms with Crippen molar-refractivity contribution in [2.24, 2.45) is 0 Å². The van der Waals surface area contributed by atoms with Gasteiger partial charge in [-0.2, -0.15) is 13.2 Å². The lowest BCUT2D eigenvalue weighted by Crippen LogP contribution is -2.46. The Morgan fingerprint density at radius 3 is 2.21 bits per heavy atom. The van der Waals surface area contributed by atoms with Crippen LogP contribution in [0.15, 0.2) is 23.1 Å². The van der Waals surface area contributed by atoms with E-state index in [0.29, 0.717) is 26.2 Å². The average Bonchev–Trinajstić information content (AvgIpc) is 2.42.